The fourth-order valence-electron chi connectivity index (χ4n) is 5.24. The first-order valence-corrected chi connectivity index (χ1v) is 21.3. The molecule has 1 saturated carbocycles. The van der Waals surface area contributed by atoms with Gasteiger partial charge in [0.25, 0.3) is 0 Å². The summed E-state index contributed by atoms with van der Waals surface area (Å²) in [4.78, 5) is 0. The highest BCUT2D eigenvalue weighted by Crippen LogP contribution is 2.29. The Bertz CT molecular complexity index is 1690. The van der Waals surface area contributed by atoms with Gasteiger partial charge in [-0.1, -0.05) is 28.1 Å². The van der Waals surface area contributed by atoms with Crippen molar-refractivity contribution in [1.29, 1.82) is 0 Å². The van der Waals surface area contributed by atoms with Crippen LogP contribution in [0.2, 0.25) is 0 Å². The van der Waals surface area contributed by atoms with Crippen molar-refractivity contribution >= 4 is 60.4 Å². The number of nitrogens with one attached hydrogen (secondary N) is 3. The summed E-state index contributed by atoms with van der Waals surface area (Å²) in [5.41, 5.74) is 10.0. The number of hydrogen-bond acceptors (Lipinski definition) is 13. The number of halogens is 3. The van der Waals surface area contributed by atoms with Crippen LogP contribution in [0.4, 0.5) is 5.69 Å². The lowest BCUT2D eigenvalue weighted by Crippen LogP contribution is -2.38. The molecule has 0 heterocycles. The normalized spacial score (nSPS) is 16.5. The van der Waals surface area contributed by atoms with Crippen LogP contribution in [-0.2, 0) is 30.2 Å². The average molecular weight is 991 g/mol. The summed E-state index contributed by atoms with van der Waals surface area (Å²) < 4.78 is 33.5. The van der Waals surface area contributed by atoms with Gasteiger partial charge < -0.3 is 57.4 Å². The van der Waals surface area contributed by atoms with Gasteiger partial charge in [-0.05, 0) is 136 Å². The molecule has 2 atom stereocenters. The fraction of sp³-hybridized carbons (Fsp3) is 0.538. The summed E-state index contributed by atoms with van der Waals surface area (Å²) in [5, 5.41) is 76.2. The van der Waals surface area contributed by atoms with E-state index < -0.39 is 22.6 Å². The molecule has 0 bridgehead atoms. The molecular formula is C39H63Br2ClN4O11S. The van der Waals surface area contributed by atoms with Crippen LogP contribution < -0.4 is 21.7 Å². The van der Waals surface area contributed by atoms with E-state index in [1.54, 1.807) is 24.3 Å². The van der Waals surface area contributed by atoms with Gasteiger partial charge in [-0.15, -0.1) is 12.4 Å². The minimum absolute atomic E-state index is 0. The fourth-order valence-corrected chi connectivity index (χ4v) is 6.55. The molecule has 1 fully saturated rings. The highest BCUT2D eigenvalue weighted by atomic mass is 79.9. The zero-order valence-electron chi connectivity index (χ0n) is 33.8. The molecule has 1 aliphatic rings. The lowest BCUT2D eigenvalue weighted by Gasteiger charge is -2.26. The van der Waals surface area contributed by atoms with Gasteiger partial charge in [-0.2, -0.15) is 8.42 Å². The summed E-state index contributed by atoms with van der Waals surface area (Å²) in [6.45, 7) is 13.3. The Labute approximate surface area is 365 Å². The smallest absolute Gasteiger partial charge is 0.394 e. The second kappa shape index (κ2) is 26.3. The number of hydrogen-bond donors (Lipinski definition) is 13. The molecule has 0 unspecified atom stereocenters. The molecule has 1 aliphatic carbocycles. The second-order valence-corrected chi connectivity index (χ2v) is 18.3. The third-order valence-corrected chi connectivity index (χ3v) is 9.54. The molecule has 4 rings (SSSR count). The minimum Gasteiger partial charge on any atom is -0.508 e. The van der Waals surface area contributed by atoms with E-state index >= 15 is 0 Å². The van der Waals surface area contributed by atoms with Crippen LogP contribution in [0.1, 0.15) is 107 Å². The van der Waals surface area contributed by atoms with Gasteiger partial charge in [0.15, 0.2) is 0 Å². The molecule has 0 saturated heterocycles. The lowest BCUT2D eigenvalue weighted by molar-refractivity contribution is 0.116. The van der Waals surface area contributed by atoms with Crippen molar-refractivity contribution in [1.82, 2.24) is 16.0 Å². The first-order valence-electron chi connectivity index (χ1n) is 18.3. The maximum absolute atomic E-state index is 9.97. The molecule has 3 aromatic rings. The van der Waals surface area contributed by atoms with Crippen LogP contribution in [0.3, 0.4) is 0 Å². The first-order chi connectivity index (χ1) is 26.2. The molecule has 0 aromatic heterocycles. The van der Waals surface area contributed by atoms with Gasteiger partial charge in [0.2, 0.25) is 0 Å². The van der Waals surface area contributed by atoms with Crippen LogP contribution in [0.15, 0.2) is 57.5 Å². The van der Waals surface area contributed by atoms with Crippen molar-refractivity contribution < 1.29 is 53.3 Å². The number of nitrogen functional groups attached to an aromatic ring is 1. The molecule has 0 spiro atoms. The van der Waals surface area contributed by atoms with Crippen LogP contribution in [0, 0.1) is 0 Å². The molecule has 14 N–H and O–H groups in total. The van der Waals surface area contributed by atoms with Gasteiger partial charge >= 0.3 is 10.4 Å². The van der Waals surface area contributed by atoms with E-state index in [1.807, 2.05) is 53.7 Å². The van der Waals surface area contributed by atoms with Crippen molar-refractivity contribution in [3.63, 3.8) is 0 Å². The standard InChI is InChI=1S/C13H18Br2N2O.2C13H21NO3.ClH.H2O4S/c14-9-5-8(13(16)12(15)6-9)7-17-10-1-3-11(18)4-2-10;2*1-13(2,3)14-7-12(17)9-4-5-11(16)10(6-9)8-15;;1-5(2,3)4/h5-6,10-11,17-18H,1-4,7,16H2;2*4-6,12,14-17H,7-8H2,1-3H3;1H;(H2,1,2,3,4)/t;2*12-;;/m.00../s1. The van der Waals surface area contributed by atoms with Gasteiger partial charge in [-0.25, -0.2) is 0 Å². The van der Waals surface area contributed by atoms with Crippen molar-refractivity contribution in [2.24, 2.45) is 0 Å². The Morgan fingerprint density at radius 2 is 1.14 bits per heavy atom. The first kappa shape index (κ1) is 55.9. The summed E-state index contributed by atoms with van der Waals surface area (Å²) in [6, 6.07) is 14.0. The monoisotopic (exact) mass is 988 g/mol. The summed E-state index contributed by atoms with van der Waals surface area (Å²) in [7, 11) is -4.67. The Hall–Kier alpha value is -2.14. The Balaban J connectivity index is 0.000000786. The number of phenols is 2. The van der Waals surface area contributed by atoms with Crippen LogP contribution in [0.5, 0.6) is 11.5 Å². The van der Waals surface area contributed by atoms with E-state index in [-0.39, 0.29) is 54.3 Å². The SMILES string of the molecule is CC(C)(C)NC[C@H](O)c1ccc(O)c(CO)c1.CC(C)(C)NC[C@H](O)c1ccc(O)c(CO)c1.Cl.Nc1c(Br)cc(Br)cc1CNC1CCC(O)CC1.O=S(=O)(O)O. The molecule has 58 heavy (non-hydrogen) atoms. The summed E-state index contributed by atoms with van der Waals surface area (Å²) in [6.07, 6.45) is 2.46. The summed E-state index contributed by atoms with van der Waals surface area (Å²) in [5.74, 6) is 0.0967. The molecule has 0 aliphatic heterocycles. The maximum atomic E-state index is 9.97. The van der Waals surface area contributed by atoms with E-state index in [0.717, 1.165) is 52.4 Å². The summed E-state index contributed by atoms with van der Waals surface area (Å²) >= 11 is 6.93. The number of anilines is 1. The van der Waals surface area contributed by atoms with Gasteiger partial charge in [0.1, 0.15) is 11.5 Å². The third kappa shape index (κ3) is 24.2. The number of benzene rings is 3. The Morgan fingerprint density at radius 3 is 1.50 bits per heavy atom. The Kier molecular flexibility index (Phi) is 25.3. The van der Waals surface area contributed by atoms with Crippen molar-refractivity contribution in [3.05, 3.63) is 85.3 Å². The molecule has 19 heteroatoms. The highest BCUT2D eigenvalue weighted by molar-refractivity contribution is 9.11. The van der Waals surface area contributed by atoms with E-state index in [0.29, 0.717) is 41.4 Å². The molecule has 0 radical (unpaired) electrons. The predicted octanol–water partition coefficient (Wildman–Crippen LogP) is 5.57. The van der Waals surface area contributed by atoms with E-state index in [9.17, 15) is 25.5 Å². The Morgan fingerprint density at radius 1 is 0.741 bits per heavy atom. The zero-order valence-corrected chi connectivity index (χ0v) is 38.6. The molecule has 332 valence electrons. The van der Waals surface area contributed by atoms with Crippen molar-refractivity contribution in [2.75, 3.05) is 18.8 Å². The molecule has 0 amide bonds. The van der Waals surface area contributed by atoms with Crippen molar-refractivity contribution in [2.45, 2.75) is 122 Å². The van der Waals surface area contributed by atoms with Gasteiger partial charge in [0, 0.05) is 56.8 Å². The van der Waals surface area contributed by atoms with Gasteiger partial charge in [0.05, 0.1) is 37.2 Å². The number of aromatic hydroxyl groups is 2. The van der Waals surface area contributed by atoms with Crippen LogP contribution >= 0.6 is 44.3 Å². The maximum Gasteiger partial charge on any atom is 0.394 e. The van der Waals surface area contributed by atoms with E-state index in [4.69, 9.17) is 33.5 Å². The van der Waals surface area contributed by atoms with E-state index in [2.05, 4.69) is 47.8 Å². The number of aliphatic hydroxyl groups is 5. The topological polar surface area (TPSA) is 278 Å². The zero-order chi connectivity index (χ0) is 43.7. The number of aliphatic hydroxyl groups excluding tert-OH is 5. The second-order valence-electron chi connectivity index (χ2n) is 15.7. The minimum atomic E-state index is -4.67. The van der Waals surface area contributed by atoms with Crippen LogP contribution in [0.25, 0.3) is 0 Å². The van der Waals surface area contributed by atoms with Crippen LogP contribution in [-0.4, -0.2) is 89.6 Å². The third-order valence-electron chi connectivity index (χ3n) is 8.43. The number of rotatable bonds is 11. The molecule has 3 aromatic carbocycles. The van der Waals surface area contributed by atoms with Crippen molar-refractivity contribution in [3.8, 4) is 11.5 Å². The molecular weight excluding hydrogens is 928 g/mol. The number of β-amino-alcohol motifs (C(OH)–C–C–N with tert-alkyl or cyclic N) is 2. The largest absolute Gasteiger partial charge is 0.508 e. The average Bonchev–Trinajstić information content (AvgIpc) is 3.10. The predicted molar refractivity (Wildman–Crippen MR) is 236 cm³/mol. The lowest BCUT2D eigenvalue weighted by atomic mass is 9.93. The highest BCUT2D eigenvalue weighted by Gasteiger charge is 2.20. The van der Waals surface area contributed by atoms with E-state index in [1.165, 1.54) is 12.1 Å². The molecule has 15 nitrogen and oxygen atoms in total. The quantitative estimate of drug-likeness (QED) is 0.0827. The number of nitrogens with two attached hydrogens (primary N) is 1. The van der Waals surface area contributed by atoms with Gasteiger partial charge in [-0.3, -0.25) is 9.11 Å².